The van der Waals surface area contributed by atoms with Gasteiger partial charge in [0.1, 0.15) is 5.82 Å². The molecular formula is C21H26FN3OS. The molecular weight excluding hydrogens is 361 g/mol. The Morgan fingerprint density at radius 3 is 2.63 bits per heavy atom. The van der Waals surface area contributed by atoms with Gasteiger partial charge < -0.3 is 10.2 Å². The van der Waals surface area contributed by atoms with Crippen molar-refractivity contribution in [3.63, 3.8) is 0 Å². The number of nitrogens with one attached hydrogen (secondary N) is 1. The molecule has 27 heavy (non-hydrogen) atoms. The average molecular weight is 388 g/mol. The summed E-state index contributed by atoms with van der Waals surface area (Å²) >= 11 is 1.72. The molecule has 144 valence electrons. The minimum Gasteiger partial charge on any atom is -0.340 e. The molecule has 4 rings (SSSR count). The Kier molecular flexibility index (Phi) is 5.86. The van der Waals surface area contributed by atoms with Crippen molar-refractivity contribution in [2.24, 2.45) is 5.92 Å². The first-order chi connectivity index (χ1) is 13.2. The number of thiophene rings is 1. The highest BCUT2D eigenvalue weighted by molar-refractivity contribution is 7.15. The van der Waals surface area contributed by atoms with Crippen LogP contribution >= 0.6 is 11.3 Å². The number of piperidine rings is 1. The van der Waals surface area contributed by atoms with Gasteiger partial charge in [-0.25, -0.2) is 4.39 Å². The summed E-state index contributed by atoms with van der Waals surface area (Å²) in [6.07, 6.45) is 1.94. The molecule has 4 nitrogen and oxygen atoms in total. The van der Waals surface area contributed by atoms with Crippen LogP contribution in [0.5, 0.6) is 0 Å². The largest absolute Gasteiger partial charge is 0.340 e. The van der Waals surface area contributed by atoms with Gasteiger partial charge in [0.2, 0.25) is 5.91 Å². The molecule has 0 radical (unpaired) electrons. The second-order valence-corrected chi connectivity index (χ2v) is 8.57. The third-order valence-corrected chi connectivity index (χ3v) is 6.64. The van der Waals surface area contributed by atoms with Gasteiger partial charge >= 0.3 is 0 Å². The van der Waals surface area contributed by atoms with Crippen LogP contribution < -0.4 is 5.32 Å². The molecule has 0 bridgehead atoms. The molecule has 1 amide bonds. The van der Waals surface area contributed by atoms with Gasteiger partial charge in [-0.05, 0) is 55.8 Å². The zero-order valence-electron chi connectivity index (χ0n) is 15.5. The third kappa shape index (κ3) is 4.57. The number of piperazine rings is 1. The van der Waals surface area contributed by atoms with Crippen molar-refractivity contribution in [3.05, 3.63) is 47.1 Å². The summed E-state index contributed by atoms with van der Waals surface area (Å²) < 4.78 is 13.4. The van der Waals surface area contributed by atoms with Crippen molar-refractivity contribution < 1.29 is 9.18 Å². The number of halogens is 1. The van der Waals surface area contributed by atoms with E-state index in [1.54, 1.807) is 23.5 Å². The molecule has 0 unspecified atom stereocenters. The van der Waals surface area contributed by atoms with E-state index in [1.807, 2.05) is 6.07 Å². The van der Waals surface area contributed by atoms with Crippen molar-refractivity contribution >= 4 is 17.2 Å². The van der Waals surface area contributed by atoms with Crippen LogP contribution in [0.15, 0.2) is 36.4 Å². The summed E-state index contributed by atoms with van der Waals surface area (Å²) in [5, 5.41) is 3.33. The zero-order chi connectivity index (χ0) is 18.6. The van der Waals surface area contributed by atoms with E-state index in [9.17, 15) is 9.18 Å². The molecule has 2 saturated heterocycles. The van der Waals surface area contributed by atoms with E-state index in [0.29, 0.717) is 5.91 Å². The normalized spacial score (nSPS) is 19.4. The first kappa shape index (κ1) is 18.6. The predicted molar refractivity (Wildman–Crippen MR) is 107 cm³/mol. The zero-order valence-corrected chi connectivity index (χ0v) is 16.3. The van der Waals surface area contributed by atoms with Crippen molar-refractivity contribution in [3.8, 4) is 10.4 Å². The van der Waals surface area contributed by atoms with Gasteiger partial charge in [-0.2, -0.15) is 0 Å². The molecule has 6 heteroatoms. The standard InChI is InChI=1S/C21H26FN3OS/c22-18-3-1-2-17(14-18)20-5-4-19(27-20)15-24-10-12-25(13-11-24)21(26)16-6-8-23-9-7-16/h1-5,14,16,23H,6-13,15H2. The lowest BCUT2D eigenvalue weighted by Crippen LogP contribution is -2.51. The topological polar surface area (TPSA) is 35.6 Å². The van der Waals surface area contributed by atoms with E-state index in [2.05, 4.69) is 27.2 Å². The maximum Gasteiger partial charge on any atom is 0.225 e. The summed E-state index contributed by atoms with van der Waals surface area (Å²) in [7, 11) is 0. The molecule has 2 aromatic rings. The van der Waals surface area contributed by atoms with Crippen LogP contribution in [0.1, 0.15) is 17.7 Å². The number of rotatable bonds is 4. The Balaban J connectivity index is 1.30. The Morgan fingerprint density at radius 1 is 1.11 bits per heavy atom. The molecule has 0 atom stereocenters. The van der Waals surface area contributed by atoms with Crippen LogP contribution in [0.4, 0.5) is 4.39 Å². The van der Waals surface area contributed by atoms with Crippen LogP contribution in [0.2, 0.25) is 0 Å². The van der Waals surface area contributed by atoms with E-state index in [-0.39, 0.29) is 11.7 Å². The SMILES string of the molecule is O=C(C1CCNCC1)N1CCN(Cc2ccc(-c3cccc(F)c3)s2)CC1. The molecule has 2 fully saturated rings. The van der Waals surface area contributed by atoms with Crippen molar-refractivity contribution in [2.75, 3.05) is 39.3 Å². The molecule has 1 N–H and O–H groups in total. The summed E-state index contributed by atoms with van der Waals surface area (Å²) in [6, 6.07) is 11.0. The van der Waals surface area contributed by atoms with Crippen LogP contribution in [-0.2, 0) is 11.3 Å². The third-order valence-electron chi connectivity index (χ3n) is 5.52. The van der Waals surface area contributed by atoms with E-state index in [4.69, 9.17) is 0 Å². The van der Waals surface area contributed by atoms with E-state index >= 15 is 0 Å². The number of hydrogen-bond donors (Lipinski definition) is 1. The highest BCUT2D eigenvalue weighted by Gasteiger charge is 2.28. The number of hydrogen-bond acceptors (Lipinski definition) is 4. The highest BCUT2D eigenvalue weighted by atomic mass is 32.1. The Morgan fingerprint density at radius 2 is 1.89 bits per heavy atom. The second-order valence-electron chi connectivity index (χ2n) is 7.40. The molecule has 0 spiro atoms. The fraction of sp³-hybridized carbons (Fsp3) is 0.476. The minimum atomic E-state index is -0.197. The molecule has 2 aliphatic rings. The van der Waals surface area contributed by atoms with Gasteiger partial charge in [0.25, 0.3) is 0 Å². The van der Waals surface area contributed by atoms with Gasteiger partial charge in [0, 0.05) is 48.4 Å². The lowest BCUT2D eigenvalue weighted by molar-refractivity contribution is -0.138. The van der Waals surface area contributed by atoms with Crippen LogP contribution in [0.3, 0.4) is 0 Å². The van der Waals surface area contributed by atoms with Gasteiger partial charge in [0.15, 0.2) is 0 Å². The maximum absolute atomic E-state index is 13.4. The van der Waals surface area contributed by atoms with Crippen molar-refractivity contribution in [1.82, 2.24) is 15.1 Å². The fourth-order valence-electron chi connectivity index (χ4n) is 3.93. The van der Waals surface area contributed by atoms with E-state index in [0.717, 1.165) is 69.1 Å². The molecule has 3 heterocycles. The smallest absolute Gasteiger partial charge is 0.225 e. The lowest BCUT2D eigenvalue weighted by Gasteiger charge is -2.37. The van der Waals surface area contributed by atoms with Crippen molar-refractivity contribution in [2.45, 2.75) is 19.4 Å². The number of carbonyl (C=O) groups excluding carboxylic acids is 1. The lowest BCUT2D eigenvalue weighted by atomic mass is 9.96. The van der Waals surface area contributed by atoms with Crippen LogP contribution in [0, 0.1) is 11.7 Å². The summed E-state index contributed by atoms with van der Waals surface area (Å²) in [4.78, 5) is 19.5. The minimum absolute atomic E-state index is 0.197. The van der Waals surface area contributed by atoms with Crippen molar-refractivity contribution in [1.29, 1.82) is 0 Å². The molecule has 0 saturated carbocycles. The van der Waals surface area contributed by atoms with Gasteiger partial charge in [-0.3, -0.25) is 9.69 Å². The van der Waals surface area contributed by atoms with Gasteiger partial charge in [-0.1, -0.05) is 12.1 Å². The number of nitrogens with zero attached hydrogens (tertiary/aromatic N) is 2. The van der Waals surface area contributed by atoms with Crippen LogP contribution in [0.25, 0.3) is 10.4 Å². The van der Waals surface area contributed by atoms with Gasteiger partial charge in [-0.15, -0.1) is 11.3 Å². The Hall–Kier alpha value is -1.76. The van der Waals surface area contributed by atoms with Crippen LogP contribution in [-0.4, -0.2) is 55.0 Å². The Bertz CT molecular complexity index is 779. The predicted octanol–water partition coefficient (Wildman–Crippen LogP) is 3.20. The van der Waals surface area contributed by atoms with E-state index in [1.165, 1.54) is 10.9 Å². The quantitative estimate of drug-likeness (QED) is 0.875. The summed E-state index contributed by atoms with van der Waals surface area (Å²) in [5.74, 6) is 0.363. The molecule has 1 aromatic carbocycles. The number of carbonyl (C=O) groups is 1. The number of amides is 1. The highest BCUT2D eigenvalue weighted by Crippen LogP contribution is 2.29. The monoisotopic (exact) mass is 387 g/mol. The molecule has 1 aromatic heterocycles. The first-order valence-corrected chi connectivity index (χ1v) is 10.6. The number of benzene rings is 1. The summed E-state index contributed by atoms with van der Waals surface area (Å²) in [6.45, 7) is 6.31. The second kappa shape index (κ2) is 8.50. The molecule has 2 aliphatic heterocycles. The average Bonchev–Trinajstić information content (AvgIpc) is 3.17. The van der Waals surface area contributed by atoms with Gasteiger partial charge in [0.05, 0.1) is 0 Å². The summed E-state index contributed by atoms with van der Waals surface area (Å²) in [5.41, 5.74) is 0.934. The Labute approximate surface area is 164 Å². The first-order valence-electron chi connectivity index (χ1n) is 9.75. The van der Waals surface area contributed by atoms with E-state index < -0.39 is 0 Å². The molecule has 0 aliphatic carbocycles. The maximum atomic E-state index is 13.4. The fourth-order valence-corrected chi connectivity index (χ4v) is 4.98.